The Morgan fingerprint density at radius 2 is 2.10 bits per heavy atom. The van der Waals surface area contributed by atoms with E-state index in [1.165, 1.54) is 0 Å². The van der Waals surface area contributed by atoms with Gasteiger partial charge in [-0.1, -0.05) is 12.2 Å². The molecule has 120 valence electrons. The number of ether oxygens (including phenoxy) is 3. The predicted molar refractivity (Wildman–Crippen MR) is 80.0 cm³/mol. The highest BCUT2D eigenvalue weighted by molar-refractivity contribution is 5.69. The molecule has 0 N–H and O–H groups in total. The molecule has 0 aromatic rings. The number of hydrogen-bond donors (Lipinski definition) is 0. The summed E-state index contributed by atoms with van der Waals surface area (Å²) in [7, 11) is 0. The van der Waals surface area contributed by atoms with E-state index in [0.717, 1.165) is 12.8 Å². The molecule has 2 rings (SSSR count). The maximum absolute atomic E-state index is 12.5. The predicted octanol–water partition coefficient (Wildman–Crippen LogP) is 3.09. The molecule has 0 radical (unpaired) electrons. The van der Waals surface area contributed by atoms with Crippen LogP contribution < -0.4 is 0 Å². The third-order valence-electron chi connectivity index (χ3n) is 3.69. The fourth-order valence-electron chi connectivity index (χ4n) is 2.78. The highest BCUT2D eigenvalue weighted by Gasteiger charge is 2.46. The fraction of sp³-hybridized carbons (Fsp3) is 0.812. The van der Waals surface area contributed by atoms with E-state index in [0.29, 0.717) is 13.2 Å². The first kappa shape index (κ1) is 16.3. The molecule has 5 nitrogen and oxygen atoms in total. The van der Waals surface area contributed by atoms with Gasteiger partial charge in [0.25, 0.3) is 0 Å². The molecule has 21 heavy (non-hydrogen) atoms. The van der Waals surface area contributed by atoms with E-state index >= 15 is 0 Å². The Labute approximate surface area is 127 Å². The summed E-state index contributed by atoms with van der Waals surface area (Å²) in [6.07, 6.45) is 5.64. The highest BCUT2D eigenvalue weighted by Crippen LogP contribution is 2.32. The molecular formula is C16H27NO4. The summed E-state index contributed by atoms with van der Waals surface area (Å²) in [4.78, 5) is 14.2. The molecule has 2 aliphatic rings. The summed E-state index contributed by atoms with van der Waals surface area (Å²) >= 11 is 0. The zero-order chi connectivity index (χ0) is 15.7. The van der Waals surface area contributed by atoms with Crippen molar-refractivity contribution in [2.75, 3.05) is 13.2 Å². The summed E-state index contributed by atoms with van der Waals surface area (Å²) in [5.41, 5.74) is -1.15. The minimum absolute atomic E-state index is 0.00801. The van der Waals surface area contributed by atoms with Crippen molar-refractivity contribution in [1.29, 1.82) is 0 Å². The van der Waals surface area contributed by atoms with Crippen LogP contribution in [-0.4, -0.2) is 47.7 Å². The second kappa shape index (κ2) is 5.97. The van der Waals surface area contributed by atoms with E-state index in [9.17, 15) is 4.79 Å². The van der Waals surface area contributed by atoms with Crippen molar-refractivity contribution in [2.24, 2.45) is 0 Å². The molecule has 1 saturated heterocycles. The molecule has 2 aliphatic heterocycles. The third-order valence-corrected chi connectivity index (χ3v) is 3.69. The van der Waals surface area contributed by atoms with Crippen molar-refractivity contribution >= 4 is 6.09 Å². The van der Waals surface area contributed by atoms with Crippen molar-refractivity contribution in [3.05, 3.63) is 12.2 Å². The molecule has 0 bridgehead atoms. The zero-order valence-electron chi connectivity index (χ0n) is 13.7. The first-order valence-corrected chi connectivity index (χ1v) is 7.62. The van der Waals surface area contributed by atoms with Crippen LogP contribution >= 0.6 is 0 Å². The maximum Gasteiger partial charge on any atom is 0.412 e. The van der Waals surface area contributed by atoms with Gasteiger partial charge in [-0.15, -0.1) is 0 Å². The Hall–Kier alpha value is -1.07. The molecule has 5 heteroatoms. The van der Waals surface area contributed by atoms with Crippen molar-refractivity contribution in [2.45, 2.75) is 70.9 Å². The largest absolute Gasteiger partial charge is 0.444 e. The van der Waals surface area contributed by atoms with Crippen LogP contribution in [-0.2, 0) is 14.2 Å². The molecular weight excluding hydrogens is 270 g/mol. The number of hydrogen-bond acceptors (Lipinski definition) is 4. The molecule has 2 heterocycles. The minimum Gasteiger partial charge on any atom is -0.444 e. The van der Waals surface area contributed by atoms with Gasteiger partial charge in [0.05, 0.1) is 25.4 Å². The zero-order valence-corrected chi connectivity index (χ0v) is 13.7. The van der Waals surface area contributed by atoms with Crippen molar-refractivity contribution in [1.82, 2.24) is 4.90 Å². The van der Waals surface area contributed by atoms with Crippen molar-refractivity contribution < 1.29 is 19.0 Å². The van der Waals surface area contributed by atoms with E-state index in [1.54, 1.807) is 4.90 Å². The smallest absolute Gasteiger partial charge is 0.412 e. The summed E-state index contributed by atoms with van der Waals surface area (Å²) in [6.45, 7) is 10.6. The summed E-state index contributed by atoms with van der Waals surface area (Å²) < 4.78 is 17.0. The Kier molecular flexibility index (Phi) is 4.63. The van der Waals surface area contributed by atoms with Crippen LogP contribution in [0.15, 0.2) is 12.2 Å². The van der Waals surface area contributed by atoms with Crippen LogP contribution in [0, 0.1) is 0 Å². The average molecular weight is 297 g/mol. The van der Waals surface area contributed by atoms with Crippen molar-refractivity contribution in [3.8, 4) is 0 Å². The topological polar surface area (TPSA) is 48.0 Å². The van der Waals surface area contributed by atoms with Gasteiger partial charge in [-0.25, -0.2) is 4.79 Å². The van der Waals surface area contributed by atoms with Crippen LogP contribution in [0.2, 0.25) is 0 Å². The molecule has 1 amide bonds. The van der Waals surface area contributed by atoms with Gasteiger partial charge in [-0.3, -0.25) is 4.90 Å². The molecule has 0 aromatic carbocycles. The molecule has 0 aromatic heterocycles. The number of carbonyl (C=O) groups excluding carboxylic acids is 1. The van der Waals surface area contributed by atoms with Gasteiger partial charge in [0.2, 0.25) is 0 Å². The SMILES string of the molecule is CC(C)(C)OC(=O)N1[C@@H](CC2CC=CCO2)COC1(C)C. The monoisotopic (exact) mass is 297 g/mol. The van der Waals surface area contributed by atoms with E-state index < -0.39 is 11.3 Å². The van der Waals surface area contributed by atoms with E-state index in [-0.39, 0.29) is 18.2 Å². The second-order valence-electron chi connectivity index (χ2n) is 7.16. The maximum atomic E-state index is 12.5. The molecule has 0 aliphatic carbocycles. The van der Waals surface area contributed by atoms with Crippen LogP contribution in [0.5, 0.6) is 0 Å². The number of nitrogens with zero attached hydrogens (tertiary/aromatic N) is 1. The third kappa shape index (κ3) is 4.20. The van der Waals surface area contributed by atoms with Gasteiger partial charge >= 0.3 is 6.09 Å². The number of carbonyl (C=O) groups is 1. The summed E-state index contributed by atoms with van der Waals surface area (Å²) in [5.74, 6) is 0. The molecule has 1 fully saturated rings. The number of rotatable bonds is 2. The summed E-state index contributed by atoms with van der Waals surface area (Å²) in [5, 5.41) is 0. The first-order valence-electron chi connectivity index (χ1n) is 7.62. The Morgan fingerprint density at radius 1 is 1.38 bits per heavy atom. The van der Waals surface area contributed by atoms with Crippen LogP contribution in [0.1, 0.15) is 47.5 Å². The summed E-state index contributed by atoms with van der Waals surface area (Å²) in [6, 6.07) is -0.00801. The van der Waals surface area contributed by atoms with Crippen LogP contribution in [0.3, 0.4) is 0 Å². The van der Waals surface area contributed by atoms with Gasteiger partial charge in [0, 0.05) is 0 Å². The van der Waals surface area contributed by atoms with Crippen LogP contribution in [0.25, 0.3) is 0 Å². The van der Waals surface area contributed by atoms with E-state index in [2.05, 4.69) is 6.08 Å². The lowest BCUT2D eigenvalue weighted by molar-refractivity contribution is -0.0644. The van der Waals surface area contributed by atoms with Gasteiger partial charge in [-0.05, 0) is 47.5 Å². The Balaban J connectivity index is 2.05. The van der Waals surface area contributed by atoms with Gasteiger partial charge in [-0.2, -0.15) is 0 Å². The first-order chi connectivity index (χ1) is 9.69. The van der Waals surface area contributed by atoms with Gasteiger partial charge in [0.1, 0.15) is 11.3 Å². The Morgan fingerprint density at radius 3 is 2.67 bits per heavy atom. The Bertz CT molecular complexity index is 411. The van der Waals surface area contributed by atoms with Gasteiger partial charge in [0.15, 0.2) is 0 Å². The van der Waals surface area contributed by atoms with Gasteiger partial charge < -0.3 is 14.2 Å². The van der Waals surface area contributed by atoms with E-state index in [1.807, 2.05) is 40.7 Å². The highest BCUT2D eigenvalue weighted by atomic mass is 16.6. The lowest BCUT2D eigenvalue weighted by atomic mass is 10.0. The average Bonchev–Trinajstić information content (AvgIpc) is 2.63. The normalized spacial score (nSPS) is 28.7. The lowest BCUT2D eigenvalue weighted by Crippen LogP contribution is -2.50. The minimum atomic E-state index is -0.641. The van der Waals surface area contributed by atoms with Crippen molar-refractivity contribution in [3.63, 3.8) is 0 Å². The fourth-order valence-corrected chi connectivity index (χ4v) is 2.78. The second-order valence-corrected chi connectivity index (χ2v) is 7.16. The van der Waals surface area contributed by atoms with E-state index in [4.69, 9.17) is 14.2 Å². The standard InChI is InChI=1S/C16H27NO4/c1-15(2,3)21-14(18)17-12(11-20-16(17,4)5)10-13-8-6-7-9-19-13/h6-7,12-13H,8-11H2,1-5H3/t12-,13?/m0/s1. The molecule has 2 atom stereocenters. The van der Waals surface area contributed by atoms with Crippen LogP contribution in [0.4, 0.5) is 4.79 Å². The lowest BCUT2D eigenvalue weighted by Gasteiger charge is -2.36. The molecule has 0 saturated carbocycles. The molecule has 0 spiro atoms. The quantitative estimate of drug-likeness (QED) is 0.735. The number of amides is 1. The molecule has 1 unspecified atom stereocenters.